The summed E-state index contributed by atoms with van der Waals surface area (Å²) in [7, 11) is 0. The average molecular weight is 791 g/mol. The van der Waals surface area contributed by atoms with Crippen LogP contribution in [0, 0.1) is 0 Å². The van der Waals surface area contributed by atoms with Gasteiger partial charge in [-0.3, -0.25) is 0 Å². The van der Waals surface area contributed by atoms with E-state index in [0.29, 0.717) is 0 Å². The Morgan fingerprint density at radius 3 is 1.27 bits per heavy atom. The van der Waals surface area contributed by atoms with Crippen LogP contribution in [0.4, 0.5) is 17.1 Å². The van der Waals surface area contributed by atoms with E-state index in [1.165, 1.54) is 44.1 Å². The molecule has 0 radical (unpaired) electrons. The molecule has 292 valence electrons. The number of para-hydroxylation sites is 2. The van der Waals surface area contributed by atoms with Crippen molar-refractivity contribution >= 4 is 38.9 Å². The standard InChI is InChI=1S/C60H42N2/c1-6-19-43(20-7-1)48-27-18-28-49(39-48)45-33-35-52(36-34-45)61(53-37-38-55-54-31-16-17-32-58(54)62(59(55)42-53)51-29-14-5-15-30-51)60-56(46-23-10-3-11-24-46)40-50(44-21-8-2-9-22-44)41-57(60)47-25-12-4-13-26-47/h1-42H. The second-order valence-electron chi connectivity index (χ2n) is 15.7. The Bertz CT molecular complexity index is 3240. The molecule has 62 heavy (non-hydrogen) atoms. The molecule has 0 spiro atoms. The summed E-state index contributed by atoms with van der Waals surface area (Å²) >= 11 is 0. The van der Waals surface area contributed by atoms with Crippen LogP contribution in [0.1, 0.15) is 0 Å². The fraction of sp³-hybridized carbons (Fsp3) is 0. The van der Waals surface area contributed by atoms with Gasteiger partial charge in [-0.25, -0.2) is 0 Å². The third-order valence-electron chi connectivity index (χ3n) is 12.0. The van der Waals surface area contributed by atoms with Crippen LogP contribution in [0.5, 0.6) is 0 Å². The Morgan fingerprint density at radius 1 is 0.258 bits per heavy atom. The number of benzene rings is 10. The minimum atomic E-state index is 1.07. The first-order valence-electron chi connectivity index (χ1n) is 21.3. The van der Waals surface area contributed by atoms with Crippen LogP contribution in [0.25, 0.3) is 83.1 Å². The van der Waals surface area contributed by atoms with Crippen molar-refractivity contribution in [2.45, 2.75) is 0 Å². The fourth-order valence-corrected chi connectivity index (χ4v) is 9.02. The highest BCUT2D eigenvalue weighted by Crippen LogP contribution is 2.50. The summed E-state index contributed by atoms with van der Waals surface area (Å²) in [6.07, 6.45) is 0. The van der Waals surface area contributed by atoms with E-state index < -0.39 is 0 Å². The molecule has 0 amide bonds. The molecule has 0 aliphatic heterocycles. The molecule has 0 aliphatic rings. The van der Waals surface area contributed by atoms with E-state index in [0.717, 1.165) is 56.1 Å². The first-order valence-corrected chi connectivity index (χ1v) is 21.3. The number of hydrogen-bond donors (Lipinski definition) is 0. The predicted octanol–water partition coefficient (Wildman–Crippen LogP) is 16.6. The third kappa shape index (κ3) is 6.84. The van der Waals surface area contributed by atoms with E-state index in [-0.39, 0.29) is 0 Å². The molecule has 0 fully saturated rings. The van der Waals surface area contributed by atoms with Crippen molar-refractivity contribution < 1.29 is 0 Å². The molecule has 10 aromatic carbocycles. The lowest BCUT2D eigenvalue weighted by atomic mass is 9.89. The highest BCUT2D eigenvalue weighted by Gasteiger charge is 2.25. The van der Waals surface area contributed by atoms with Crippen LogP contribution in [-0.2, 0) is 0 Å². The van der Waals surface area contributed by atoms with Gasteiger partial charge in [0.2, 0.25) is 0 Å². The summed E-state index contributed by atoms with van der Waals surface area (Å²) in [5.74, 6) is 0. The molecular formula is C60H42N2. The second-order valence-corrected chi connectivity index (χ2v) is 15.7. The number of aromatic nitrogens is 1. The van der Waals surface area contributed by atoms with Gasteiger partial charge in [0.25, 0.3) is 0 Å². The lowest BCUT2D eigenvalue weighted by molar-refractivity contribution is 1.18. The van der Waals surface area contributed by atoms with Gasteiger partial charge in [-0.15, -0.1) is 0 Å². The number of fused-ring (bicyclic) bond motifs is 3. The third-order valence-corrected chi connectivity index (χ3v) is 12.0. The quantitative estimate of drug-likeness (QED) is 0.141. The molecule has 2 heteroatoms. The summed E-state index contributed by atoms with van der Waals surface area (Å²) in [6.45, 7) is 0. The van der Waals surface area contributed by atoms with Gasteiger partial charge in [0.05, 0.1) is 16.7 Å². The van der Waals surface area contributed by atoms with Crippen molar-refractivity contribution in [1.29, 1.82) is 0 Å². The monoisotopic (exact) mass is 790 g/mol. The number of anilines is 3. The molecule has 1 heterocycles. The van der Waals surface area contributed by atoms with Crippen LogP contribution in [-0.4, -0.2) is 4.57 Å². The zero-order valence-electron chi connectivity index (χ0n) is 34.1. The van der Waals surface area contributed by atoms with Crippen LogP contribution in [0.15, 0.2) is 255 Å². The maximum atomic E-state index is 2.48. The van der Waals surface area contributed by atoms with Crippen molar-refractivity contribution in [3.8, 4) is 61.3 Å². The van der Waals surface area contributed by atoms with E-state index in [9.17, 15) is 0 Å². The summed E-state index contributed by atoms with van der Waals surface area (Å²) in [4.78, 5) is 2.48. The van der Waals surface area contributed by atoms with Crippen LogP contribution in [0.3, 0.4) is 0 Å². The van der Waals surface area contributed by atoms with Gasteiger partial charge in [0.1, 0.15) is 0 Å². The average Bonchev–Trinajstić information content (AvgIpc) is 3.69. The Balaban J connectivity index is 1.19. The molecule has 0 unspecified atom stereocenters. The van der Waals surface area contributed by atoms with Crippen LogP contribution >= 0.6 is 0 Å². The van der Waals surface area contributed by atoms with Gasteiger partial charge in [-0.2, -0.15) is 0 Å². The SMILES string of the molecule is c1ccc(-c2cccc(-c3ccc(N(c4ccc5c6ccccc6n(-c6ccccc6)c5c4)c4c(-c5ccccc5)cc(-c5ccccc5)cc4-c4ccccc4)cc3)c2)cc1. The molecule has 0 aliphatic carbocycles. The molecule has 11 aromatic rings. The minimum absolute atomic E-state index is 1.07. The van der Waals surface area contributed by atoms with E-state index in [1.54, 1.807) is 0 Å². The molecule has 0 atom stereocenters. The number of nitrogens with zero attached hydrogens (tertiary/aromatic N) is 2. The highest BCUT2D eigenvalue weighted by molar-refractivity contribution is 6.11. The molecule has 0 saturated heterocycles. The molecule has 1 aromatic heterocycles. The Labute approximate surface area is 362 Å². The van der Waals surface area contributed by atoms with E-state index >= 15 is 0 Å². The number of hydrogen-bond acceptors (Lipinski definition) is 1. The molecule has 0 N–H and O–H groups in total. The van der Waals surface area contributed by atoms with Crippen LogP contribution in [0.2, 0.25) is 0 Å². The van der Waals surface area contributed by atoms with Gasteiger partial charge >= 0.3 is 0 Å². The minimum Gasteiger partial charge on any atom is -0.309 e. The van der Waals surface area contributed by atoms with Gasteiger partial charge in [0.15, 0.2) is 0 Å². The Hall–Kier alpha value is -8.20. The maximum Gasteiger partial charge on any atom is 0.0618 e. The molecule has 0 bridgehead atoms. The van der Waals surface area contributed by atoms with E-state index in [4.69, 9.17) is 0 Å². The maximum absolute atomic E-state index is 2.48. The van der Waals surface area contributed by atoms with Crippen LogP contribution < -0.4 is 4.90 Å². The van der Waals surface area contributed by atoms with Crippen molar-refractivity contribution in [1.82, 2.24) is 4.57 Å². The molecule has 2 nitrogen and oxygen atoms in total. The second kappa shape index (κ2) is 16.1. The zero-order chi connectivity index (χ0) is 41.2. The smallest absolute Gasteiger partial charge is 0.0618 e. The van der Waals surface area contributed by atoms with Gasteiger partial charge in [-0.1, -0.05) is 194 Å². The normalized spacial score (nSPS) is 11.2. The topological polar surface area (TPSA) is 8.17 Å². The first kappa shape index (κ1) is 36.8. The molecule has 11 rings (SSSR count). The number of rotatable bonds is 9. The fourth-order valence-electron chi connectivity index (χ4n) is 9.02. The van der Waals surface area contributed by atoms with Crippen molar-refractivity contribution in [3.63, 3.8) is 0 Å². The summed E-state index contributed by atoms with van der Waals surface area (Å²) in [6, 6.07) is 92.3. The lowest BCUT2D eigenvalue weighted by Crippen LogP contribution is -2.13. The highest BCUT2D eigenvalue weighted by atomic mass is 15.1. The lowest BCUT2D eigenvalue weighted by Gasteiger charge is -2.31. The van der Waals surface area contributed by atoms with Crippen molar-refractivity contribution in [2.24, 2.45) is 0 Å². The molecular weight excluding hydrogens is 749 g/mol. The first-order chi connectivity index (χ1) is 30.8. The zero-order valence-corrected chi connectivity index (χ0v) is 34.1. The van der Waals surface area contributed by atoms with Crippen molar-refractivity contribution in [2.75, 3.05) is 4.90 Å². The Morgan fingerprint density at radius 2 is 0.694 bits per heavy atom. The predicted molar refractivity (Wildman–Crippen MR) is 263 cm³/mol. The van der Waals surface area contributed by atoms with Gasteiger partial charge in [0, 0.05) is 39.0 Å². The van der Waals surface area contributed by atoms with Gasteiger partial charge in [-0.05, 0) is 105 Å². The summed E-state index contributed by atoms with van der Waals surface area (Å²) in [5.41, 5.74) is 18.4. The Kier molecular flexibility index (Phi) is 9.57. The van der Waals surface area contributed by atoms with E-state index in [2.05, 4.69) is 264 Å². The molecule has 0 saturated carbocycles. The summed E-state index contributed by atoms with van der Waals surface area (Å²) in [5, 5.41) is 2.45. The largest absolute Gasteiger partial charge is 0.309 e. The van der Waals surface area contributed by atoms with E-state index in [1.807, 2.05) is 0 Å². The van der Waals surface area contributed by atoms with Crippen molar-refractivity contribution in [3.05, 3.63) is 255 Å². The van der Waals surface area contributed by atoms with Gasteiger partial charge < -0.3 is 9.47 Å². The summed E-state index contributed by atoms with van der Waals surface area (Å²) < 4.78 is 2.41.